The third kappa shape index (κ3) is 31.3. The van der Waals surface area contributed by atoms with Crippen LogP contribution in [0.4, 0.5) is 29.7 Å². The molecule has 0 bridgehead atoms. The fraction of sp³-hybridized carbons (Fsp3) is 0.389. The Hall–Kier alpha value is -10.6. The van der Waals surface area contributed by atoms with E-state index in [1.54, 1.807) is 168 Å². The second-order valence-electron chi connectivity index (χ2n) is 32.7. The zero-order valence-corrected chi connectivity index (χ0v) is 82.6. The molecule has 5 aliphatic heterocycles. The van der Waals surface area contributed by atoms with Crippen LogP contribution in [0, 0.1) is 35.8 Å². The normalized spacial score (nSPS) is 17.3. The number of rotatable bonds is 10. The van der Waals surface area contributed by atoms with Crippen molar-refractivity contribution in [3.05, 3.63) is 245 Å². The number of benzene rings is 7. The van der Waals surface area contributed by atoms with Crippen molar-refractivity contribution < 1.29 is 75.8 Å². The first-order valence-electron chi connectivity index (χ1n) is 42.0. The molecule has 5 N–H and O–H groups in total. The minimum Gasteiger partial charge on any atom is -0.479 e. The molecule has 0 aliphatic carbocycles. The van der Waals surface area contributed by atoms with Crippen molar-refractivity contribution in [1.29, 1.82) is 0 Å². The molecule has 704 valence electrons. The molecule has 7 aromatic carbocycles. The third-order valence-electron chi connectivity index (χ3n) is 20.3. The minimum atomic E-state index is -1.06. The Morgan fingerprint density at radius 2 is 0.917 bits per heavy atom. The van der Waals surface area contributed by atoms with E-state index in [2.05, 4.69) is 112 Å². The van der Waals surface area contributed by atoms with Gasteiger partial charge in [0, 0.05) is 138 Å². The van der Waals surface area contributed by atoms with E-state index in [1.165, 1.54) is 34.1 Å². The summed E-state index contributed by atoms with van der Waals surface area (Å²) in [6, 6.07) is 38.8. The van der Waals surface area contributed by atoms with Gasteiger partial charge in [0.15, 0.2) is 23.8 Å². The van der Waals surface area contributed by atoms with Crippen molar-refractivity contribution >= 4 is 156 Å². The van der Waals surface area contributed by atoms with Gasteiger partial charge in [0.1, 0.15) is 58.6 Å². The van der Waals surface area contributed by atoms with Gasteiger partial charge in [0.25, 0.3) is 22.6 Å². The van der Waals surface area contributed by atoms with Gasteiger partial charge in [-0.3, -0.25) is 42.5 Å². The summed E-state index contributed by atoms with van der Waals surface area (Å²) >= 11 is 13.4. The number of amides is 3. The van der Waals surface area contributed by atoms with Crippen molar-refractivity contribution in [1.82, 2.24) is 53.6 Å². The number of nitrogens with zero attached hydrogens (tertiary/aromatic N) is 10. The number of aromatic nitrogens is 6. The Morgan fingerprint density at radius 3 is 1.36 bits per heavy atom. The van der Waals surface area contributed by atoms with Gasteiger partial charge >= 0.3 is 18.2 Å². The molecular weight excluding hydrogens is 1990 g/mol. The van der Waals surface area contributed by atoms with E-state index in [4.69, 9.17) is 55.4 Å². The first kappa shape index (κ1) is 107. The molecule has 5 unspecified atom stereocenters. The Labute approximate surface area is 803 Å². The molecule has 0 radical (unpaired) electrons. The van der Waals surface area contributed by atoms with Gasteiger partial charge in [-0.1, -0.05) is 107 Å². The molecule has 5 aliphatic rings. The number of ether oxygens (including phenoxy) is 7. The van der Waals surface area contributed by atoms with Crippen LogP contribution >= 0.6 is 76.1 Å². The van der Waals surface area contributed by atoms with Crippen LogP contribution in [0.15, 0.2) is 172 Å². The number of nitrogen functional groups attached to an aromatic ring is 1. The number of carboxylic acids is 1. The zero-order valence-electron chi connectivity index (χ0n) is 75.5. The molecule has 3 amide bonds. The topological polar surface area (TPSA) is 355 Å². The molecule has 3 aromatic heterocycles. The van der Waals surface area contributed by atoms with Crippen LogP contribution in [-0.2, 0) is 63.9 Å². The molecule has 5 atom stereocenters. The molecule has 132 heavy (non-hydrogen) atoms. The van der Waals surface area contributed by atoms with Crippen molar-refractivity contribution in [2.75, 3.05) is 124 Å². The fourth-order valence-corrected chi connectivity index (χ4v) is 14.9. The number of hydrogen-bond acceptors (Lipinski definition) is 23. The van der Waals surface area contributed by atoms with E-state index in [0.29, 0.717) is 148 Å². The van der Waals surface area contributed by atoms with Crippen LogP contribution in [0.25, 0.3) is 32.7 Å². The quantitative estimate of drug-likeness (QED) is 0.0561. The number of nitrogens with one attached hydrogen (secondary N) is 2. The molecule has 37 heteroatoms. The first-order chi connectivity index (χ1) is 62.1. The molecule has 5 saturated heterocycles. The van der Waals surface area contributed by atoms with Gasteiger partial charge in [-0.2, -0.15) is 0 Å². The van der Waals surface area contributed by atoms with E-state index in [1.807, 2.05) is 51.4 Å². The predicted octanol–water partition coefficient (Wildman–Crippen LogP) is 14.7. The van der Waals surface area contributed by atoms with Crippen LogP contribution in [0.5, 0.6) is 0 Å². The second kappa shape index (κ2) is 50.0. The molecule has 8 heterocycles. The number of Topliss-reactive ketones (excluding diaryl/α,β-unsaturated/α-hetero) is 2. The number of carbonyl (C=O) groups is 6. The number of terminal acetylenes is 1. The van der Waals surface area contributed by atoms with Crippen LogP contribution in [0.1, 0.15) is 141 Å². The van der Waals surface area contributed by atoms with Crippen molar-refractivity contribution in [2.24, 2.45) is 21.1 Å². The molecule has 30 nitrogen and oxygen atoms in total. The number of carbonyl (C=O) groups excluding carboxylic acids is 5. The Morgan fingerprint density at radius 1 is 0.515 bits per heavy atom. The van der Waals surface area contributed by atoms with E-state index in [9.17, 15) is 51.9 Å². The van der Waals surface area contributed by atoms with Gasteiger partial charge in [-0.05, 0) is 183 Å². The fourth-order valence-electron chi connectivity index (χ4n) is 13.5. The Kier molecular flexibility index (Phi) is 40.4. The summed E-state index contributed by atoms with van der Waals surface area (Å²) in [5.74, 6) is 8.18. The lowest BCUT2D eigenvalue weighted by atomic mass is 10.1. The van der Waals surface area contributed by atoms with Crippen molar-refractivity contribution in [3.8, 4) is 24.2 Å². The number of carboxylic acid groups (broad SMARTS) is 1. The largest absolute Gasteiger partial charge is 0.479 e. The number of morpholine rings is 5. The molecule has 0 spiro atoms. The second-order valence-corrected chi connectivity index (χ2v) is 36.3. The summed E-state index contributed by atoms with van der Waals surface area (Å²) in [6.45, 7) is 22.1. The number of aliphatic carboxylic acids is 1. The minimum absolute atomic E-state index is 0. The number of anilines is 2. The van der Waals surface area contributed by atoms with E-state index in [-0.39, 0.29) is 96.9 Å². The first-order valence-corrected chi connectivity index (χ1v) is 45.2. The smallest absolute Gasteiger partial charge is 0.410 e. The number of ketones is 2. The van der Waals surface area contributed by atoms with Crippen LogP contribution in [0.2, 0.25) is 0 Å². The maximum absolute atomic E-state index is 13.3. The Balaban J connectivity index is 0.000000194. The highest BCUT2D eigenvalue weighted by molar-refractivity contribution is 9.11. The van der Waals surface area contributed by atoms with Crippen LogP contribution in [-0.4, -0.2) is 225 Å². The van der Waals surface area contributed by atoms with Crippen molar-refractivity contribution in [2.45, 2.75) is 110 Å². The van der Waals surface area contributed by atoms with E-state index >= 15 is 0 Å². The number of hydrogen-bond donors (Lipinski definition) is 4. The molecule has 0 saturated carbocycles. The summed E-state index contributed by atoms with van der Waals surface area (Å²) < 4.78 is 72.1. The maximum atomic E-state index is 13.3. The van der Waals surface area contributed by atoms with E-state index < -0.39 is 47.5 Å². The lowest BCUT2D eigenvalue weighted by molar-refractivity contribution is -0.155. The molecular formula is C95H108Br4ClF2N13O17. The maximum Gasteiger partial charge on any atom is 0.410 e. The number of likely N-dealkylation sites (N-methyl/N-ethyl adjacent to an activating group) is 2. The SMILES string of the molecule is C#Cc1cccc(F)c1.CC(C)(C)OC(=O)N1CCOC(C(=O)O)C1.CCC(=O)c1ccc(Br)cc1N.CCC(=O)c1ccc(Br)cc1NC(=O)C1CN(C(=O)OC(C)(C)C)CCO1.CN1CCOC(c2nc3cc(Br)ccc3c(=O)n2C)C1.CN1CCOC(c2nc3cc(C#Cc4cccc(F)c4)ccc3c(=O)n2C)C1.Cl.Cn1c(C2CNCCO2)nc2cc(Br)ccc2c1=O. The van der Waals surface area contributed by atoms with E-state index in [0.717, 1.165) is 44.1 Å². The summed E-state index contributed by atoms with van der Waals surface area (Å²) in [4.78, 5) is 129. The average Bonchev–Trinajstić information content (AvgIpc) is 0.782. The molecule has 10 aromatic rings. The Bertz CT molecular complexity index is 6090. The van der Waals surface area contributed by atoms with Gasteiger partial charge in [0.05, 0.1) is 84.5 Å². The van der Waals surface area contributed by atoms with Gasteiger partial charge in [-0.15, -0.1) is 18.8 Å². The lowest BCUT2D eigenvalue weighted by Gasteiger charge is -2.33. The van der Waals surface area contributed by atoms with Crippen molar-refractivity contribution in [3.63, 3.8) is 0 Å². The highest BCUT2D eigenvalue weighted by Gasteiger charge is 2.35. The highest BCUT2D eigenvalue weighted by atomic mass is 79.9. The average molecular weight is 2100 g/mol. The lowest BCUT2D eigenvalue weighted by Crippen LogP contribution is -2.51. The number of halogens is 7. The molecule has 15 rings (SSSR count). The third-order valence-corrected chi connectivity index (χ3v) is 22.2. The van der Waals surface area contributed by atoms with Gasteiger partial charge in [-0.25, -0.2) is 38.1 Å². The summed E-state index contributed by atoms with van der Waals surface area (Å²) in [5, 5.41) is 16.6. The molecule has 5 fully saturated rings. The summed E-state index contributed by atoms with van der Waals surface area (Å²) in [6.07, 6.45) is 2.48. The predicted molar refractivity (Wildman–Crippen MR) is 518 cm³/mol. The zero-order chi connectivity index (χ0) is 95.7. The highest BCUT2D eigenvalue weighted by Crippen LogP contribution is 2.29. The summed E-state index contributed by atoms with van der Waals surface area (Å²) in [5.41, 5.74) is 10.2. The van der Waals surface area contributed by atoms with Gasteiger partial charge < -0.3 is 74.2 Å². The monoisotopic (exact) mass is 2090 g/mol. The number of nitrogens with two attached hydrogens (primary N) is 1. The standard InChI is InChI=1S/C22H20FN3O2.C19H25BrN2O5.C14H16BrN3O2.C13H14BrN3O2.C10H17NO5.C9H10BrNO.C8H5F.ClH/c1-25-10-11-28-20(14-25)21-24-19-13-16(8-9-18(19)22(27)26(21)2)7-6-15-4-3-5-17(23)12-15;1-5-15(23)13-7-6-12(20)10-14(13)21-17(24)16-11-22(8-9-26-16)18(25)27-19(2,3)4;1-17-5-6-20-12(8-17)13-16-11-7-9(15)3-4-10(11)14(19)18(13)2;1-17-12(11-7-15-4-5-19-11)16-10-6-8(14)2-3-9(10)13(17)18;1-10(2,3)16-9(14)11-4-5-15-7(6-11)8(12)13;1-2-9(12)7-4-3-6(10)5-8(7)11;1-2-7-4-3-5-8(9)6-7;/h3-5,8-9,12-13,20H,10-11,14H2,1-2H3;6-7,10,16H,5,8-9,11H2,1-4H3,(H,21,24);3-4,7,12H,5-6,8H2,1-2H3;2-3,6,11,15H,4-5,7H2,1H3;7H,4-6H2,1-3H3,(H,12,13);3-5H,2,11H2,1H3;1,3-6H;1H. The number of fused-ring (bicyclic) bond motifs is 3. The van der Waals surface area contributed by atoms with Crippen LogP contribution < -0.4 is 33.0 Å². The van der Waals surface area contributed by atoms with Gasteiger partial charge in [0.2, 0.25) is 0 Å². The summed E-state index contributed by atoms with van der Waals surface area (Å²) in [7, 11) is 9.29. The van der Waals surface area contributed by atoms with Crippen LogP contribution in [0.3, 0.4) is 0 Å².